The van der Waals surface area contributed by atoms with E-state index in [1.807, 2.05) is 24.3 Å². The number of nitrogens with zero attached hydrogens (tertiary/aromatic N) is 2. The van der Waals surface area contributed by atoms with Crippen molar-refractivity contribution >= 4 is 28.5 Å². The fourth-order valence-corrected chi connectivity index (χ4v) is 3.13. The van der Waals surface area contributed by atoms with E-state index in [9.17, 15) is 4.79 Å². The molecular formula is C16H17N3O3S. The quantitative estimate of drug-likeness (QED) is 0.853. The van der Waals surface area contributed by atoms with Crippen molar-refractivity contribution < 1.29 is 14.3 Å². The van der Waals surface area contributed by atoms with Crippen LogP contribution in [-0.2, 0) is 9.53 Å². The van der Waals surface area contributed by atoms with Gasteiger partial charge in [-0.05, 0) is 25.0 Å². The summed E-state index contributed by atoms with van der Waals surface area (Å²) in [5.41, 5.74) is 0.836. The molecule has 2 aromatic rings. The third kappa shape index (κ3) is 3.94. The minimum absolute atomic E-state index is 0.0160. The Labute approximate surface area is 138 Å². The second-order valence-electron chi connectivity index (χ2n) is 5.01. The van der Waals surface area contributed by atoms with E-state index in [1.54, 1.807) is 13.2 Å². The fourth-order valence-electron chi connectivity index (χ4n) is 2.30. The summed E-state index contributed by atoms with van der Waals surface area (Å²) < 4.78 is 10.8. The first-order valence-corrected chi connectivity index (χ1v) is 8.15. The van der Waals surface area contributed by atoms with Gasteiger partial charge in [-0.15, -0.1) is 10.2 Å². The molecule has 2 heterocycles. The Bertz CT molecular complexity index is 708. The van der Waals surface area contributed by atoms with E-state index < -0.39 is 0 Å². The van der Waals surface area contributed by atoms with Gasteiger partial charge in [0.2, 0.25) is 11.0 Å². The van der Waals surface area contributed by atoms with Gasteiger partial charge in [0.15, 0.2) is 0 Å². The summed E-state index contributed by atoms with van der Waals surface area (Å²) in [5, 5.41) is 12.1. The molecule has 1 aromatic heterocycles. The summed E-state index contributed by atoms with van der Waals surface area (Å²) in [5.74, 6) is 0.457. The number of aromatic nitrogens is 2. The molecule has 1 aromatic carbocycles. The summed E-state index contributed by atoms with van der Waals surface area (Å²) in [6.07, 6.45) is 5.16. The van der Waals surface area contributed by atoms with Crippen LogP contribution in [0.2, 0.25) is 0 Å². The molecule has 0 spiro atoms. The van der Waals surface area contributed by atoms with Gasteiger partial charge in [0, 0.05) is 18.2 Å². The highest BCUT2D eigenvalue weighted by atomic mass is 32.1. The Morgan fingerprint density at radius 3 is 3.09 bits per heavy atom. The number of ether oxygens (including phenoxy) is 2. The fraction of sp³-hybridized carbons (Fsp3) is 0.312. The highest BCUT2D eigenvalue weighted by molar-refractivity contribution is 7.15. The summed E-state index contributed by atoms with van der Waals surface area (Å²) in [6.45, 7) is 0.758. The van der Waals surface area contributed by atoms with Crippen LogP contribution in [0.1, 0.15) is 29.5 Å². The Morgan fingerprint density at radius 1 is 1.43 bits per heavy atom. The average molecular weight is 331 g/mol. The maximum absolute atomic E-state index is 12.0. The van der Waals surface area contributed by atoms with Crippen LogP contribution >= 0.6 is 11.3 Å². The molecule has 1 aliphatic rings. The van der Waals surface area contributed by atoms with E-state index in [1.165, 1.54) is 17.4 Å². The highest BCUT2D eigenvalue weighted by Crippen LogP contribution is 2.31. The third-order valence-corrected chi connectivity index (χ3v) is 4.36. The van der Waals surface area contributed by atoms with E-state index in [2.05, 4.69) is 15.5 Å². The first kappa shape index (κ1) is 15.6. The molecule has 0 radical (unpaired) electrons. The van der Waals surface area contributed by atoms with Gasteiger partial charge >= 0.3 is 0 Å². The smallest absolute Gasteiger partial charge is 0.250 e. The lowest BCUT2D eigenvalue weighted by Crippen LogP contribution is -2.07. The first-order chi connectivity index (χ1) is 11.3. The lowest BCUT2D eigenvalue weighted by atomic mass is 10.2. The van der Waals surface area contributed by atoms with Crippen molar-refractivity contribution in [2.45, 2.75) is 18.9 Å². The Hall–Kier alpha value is -2.25. The van der Waals surface area contributed by atoms with Crippen molar-refractivity contribution in [1.29, 1.82) is 0 Å². The highest BCUT2D eigenvalue weighted by Gasteiger charge is 2.22. The molecule has 23 heavy (non-hydrogen) atoms. The van der Waals surface area contributed by atoms with Crippen molar-refractivity contribution in [3.63, 3.8) is 0 Å². The molecule has 3 rings (SSSR count). The van der Waals surface area contributed by atoms with Gasteiger partial charge in [-0.3, -0.25) is 10.1 Å². The SMILES string of the molecule is COc1ccccc1/C=C/C(=O)Nc1nnc(C2CCCO2)s1. The van der Waals surface area contributed by atoms with Crippen molar-refractivity contribution in [2.75, 3.05) is 19.0 Å². The Balaban J connectivity index is 1.62. The van der Waals surface area contributed by atoms with Gasteiger partial charge in [0.1, 0.15) is 16.9 Å². The number of methoxy groups -OCH3 is 1. The topological polar surface area (TPSA) is 73.3 Å². The number of anilines is 1. The zero-order chi connectivity index (χ0) is 16.1. The molecule has 0 aliphatic carbocycles. The maximum atomic E-state index is 12.0. The molecule has 1 amide bonds. The molecule has 0 saturated carbocycles. The van der Waals surface area contributed by atoms with Crippen LogP contribution < -0.4 is 10.1 Å². The molecule has 120 valence electrons. The number of hydrogen-bond donors (Lipinski definition) is 1. The van der Waals surface area contributed by atoms with E-state index in [-0.39, 0.29) is 12.0 Å². The summed E-state index contributed by atoms with van der Waals surface area (Å²) in [6, 6.07) is 7.49. The second kappa shape index (κ2) is 7.34. The molecule has 1 N–H and O–H groups in total. The van der Waals surface area contributed by atoms with Crippen molar-refractivity contribution in [1.82, 2.24) is 10.2 Å². The maximum Gasteiger partial charge on any atom is 0.250 e. The zero-order valence-corrected chi connectivity index (χ0v) is 13.5. The third-order valence-electron chi connectivity index (χ3n) is 3.43. The number of benzene rings is 1. The van der Waals surface area contributed by atoms with Gasteiger partial charge in [0.05, 0.1) is 7.11 Å². The molecule has 6 nitrogen and oxygen atoms in total. The van der Waals surface area contributed by atoms with Crippen LogP contribution in [0.4, 0.5) is 5.13 Å². The number of hydrogen-bond acceptors (Lipinski definition) is 6. The van der Waals surface area contributed by atoms with Crippen LogP contribution in [-0.4, -0.2) is 29.8 Å². The van der Waals surface area contributed by atoms with E-state index in [0.29, 0.717) is 10.9 Å². The molecule has 7 heteroatoms. The predicted octanol–water partition coefficient (Wildman–Crippen LogP) is 3.05. The van der Waals surface area contributed by atoms with Crippen molar-refractivity contribution in [2.24, 2.45) is 0 Å². The lowest BCUT2D eigenvalue weighted by Gasteiger charge is -2.03. The lowest BCUT2D eigenvalue weighted by molar-refractivity contribution is -0.111. The van der Waals surface area contributed by atoms with Gasteiger partial charge in [-0.2, -0.15) is 0 Å². The Kier molecular flexibility index (Phi) is 4.99. The molecule has 1 saturated heterocycles. The first-order valence-electron chi connectivity index (χ1n) is 7.33. The number of rotatable bonds is 5. The molecule has 1 atom stereocenters. The summed E-state index contributed by atoms with van der Waals surface area (Å²) in [7, 11) is 1.60. The second-order valence-corrected chi connectivity index (χ2v) is 6.02. The van der Waals surface area contributed by atoms with Crippen LogP contribution in [0.25, 0.3) is 6.08 Å². The predicted molar refractivity (Wildman–Crippen MR) is 88.5 cm³/mol. The van der Waals surface area contributed by atoms with Crippen LogP contribution in [0, 0.1) is 0 Å². The Morgan fingerprint density at radius 2 is 2.30 bits per heavy atom. The molecular weight excluding hydrogens is 314 g/mol. The molecule has 1 fully saturated rings. The van der Waals surface area contributed by atoms with Crippen LogP contribution in [0.3, 0.4) is 0 Å². The zero-order valence-electron chi connectivity index (χ0n) is 12.7. The minimum atomic E-state index is -0.258. The molecule has 1 unspecified atom stereocenters. The normalized spacial score (nSPS) is 17.5. The average Bonchev–Trinajstić information content (AvgIpc) is 3.24. The number of nitrogens with one attached hydrogen (secondary N) is 1. The van der Waals surface area contributed by atoms with Crippen molar-refractivity contribution in [3.05, 3.63) is 40.9 Å². The van der Waals surface area contributed by atoms with Crippen LogP contribution in [0.5, 0.6) is 5.75 Å². The van der Waals surface area contributed by atoms with E-state index >= 15 is 0 Å². The monoisotopic (exact) mass is 331 g/mol. The number of amides is 1. The van der Waals surface area contributed by atoms with Crippen LogP contribution in [0.15, 0.2) is 30.3 Å². The standard InChI is InChI=1S/C16H17N3O3S/c1-21-12-6-3-2-5-11(12)8-9-14(20)17-16-19-18-15(23-16)13-7-4-10-22-13/h2-3,5-6,8-9,13H,4,7,10H2,1H3,(H,17,19,20)/b9-8+. The number of para-hydroxylation sites is 1. The summed E-state index contributed by atoms with van der Waals surface area (Å²) in [4.78, 5) is 12.0. The molecule has 0 bridgehead atoms. The number of carbonyl (C=O) groups is 1. The van der Waals surface area contributed by atoms with Gasteiger partial charge in [0.25, 0.3) is 0 Å². The van der Waals surface area contributed by atoms with E-state index in [4.69, 9.17) is 9.47 Å². The summed E-state index contributed by atoms with van der Waals surface area (Å²) >= 11 is 1.35. The van der Waals surface area contributed by atoms with Gasteiger partial charge in [-0.25, -0.2) is 0 Å². The van der Waals surface area contributed by atoms with Crippen molar-refractivity contribution in [3.8, 4) is 5.75 Å². The van der Waals surface area contributed by atoms with E-state index in [0.717, 1.165) is 30.0 Å². The number of carbonyl (C=O) groups excluding carboxylic acids is 1. The largest absolute Gasteiger partial charge is 0.496 e. The van der Waals surface area contributed by atoms with Gasteiger partial charge < -0.3 is 9.47 Å². The van der Waals surface area contributed by atoms with Gasteiger partial charge in [-0.1, -0.05) is 29.5 Å². The molecule has 1 aliphatic heterocycles. The minimum Gasteiger partial charge on any atom is -0.496 e.